The van der Waals surface area contributed by atoms with Gasteiger partial charge in [0, 0.05) is 17.1 Å². The minimum absolute atomic E-state index is 0.0275. The Balaban J connectivity index is 3.40. The molecule has 76 valence electrons. The molecule has 0 saturated carbocycles. The summed E-state index contributed by atoms with van der Waals surface area (Å²) in [6.45, 7) is 0. The number of hydrogen-bond acceptors (Lipinski definition) is 3. The van der Waals surface area contributed by atoms with Crippen LogP contribution in [0.25, 0.3) is 0 Å². The van der Waals surface area contributed by atoms with Crippen LogP contribution in [0.15, 0.2) is 6.20 Å². The van der Waals surface area contributed by atoms with Crippen molar-refractivity contribution in [3.63, 3.8) is 0 Å². The molecule has 1 heterocycles. The van der Waals surface area contributed by atoms with Crippen LogP contribution in [0.5, 0.6) is 0 Å². The van der Waals surface area contributed by atoms with E-state index in [0.29, 0.717) is 6.29 Å². The zero-order chi connectivity index (χ0) is 10.7. The van der Waals surface area contributed by atoms with Gasteiger partial charge in [-0.2, -0.15) is 0 Å². The molecular formula is C8H7BrF2N2O. The van der Waals surface area contributed by atoms with Crippen LogP contribution in [0.2, 0.25) is 0 Å². The molecule has 0 amide bonds. The molecule has 0 fully saturated rings. The number of anilines is 1. The van der Waals surface area contributed by atoms with Crippen molar-refractivity contribution in [1.82, 2.24) is 4.98 Å². The summed E-state index contributed by atoms with van der Waals surface area (Å²) in [6.07, 6.45) is -1.23. The van der Waals surface area contributed by atoms with E-state index in [-0.39, 0.29) is 27.8 Å². The molecule has 0 bridgehead atoms. The van der Waals surface area contributed by atoms with Crippen LogP contribution >= 0.6 is 15.9 Å². The lowest BCUT2D eigenvalue weighted by atomic mass is 10.1. The molecule has 1 aromatic heterocycles. The molecule has 0 radical (unpaired) electrons. The monoisotopic (exact) mass is 264 g/mol. The van der Waals surface area contributed by atoms with E-state index in [1.807, 2.05) is 0 Å². The summed E-state index contributed by atoms with van der Waals surface area (Å²) in [5.41, 5.74) is 5.33. The Morgan fingerprint density at radius 1 is 1.64 bits per heavy atom. The lowest BCUT2D eigenvalue weighted by molar-refractivity contribution is 0.112. The third-order valence-electron chi connectivity index (χ3n) is 1.78. The van der Waals surface area contributed by atoms with Crippen molar-refractivity contribution in [3.8, 4) is 0 Å². The predicted octanol–water partition coefficient (Wildman–Crippen LogP) is 2.31. The van der Waals surface area contributed by atoms with Crippen molar-refractivity contribution in [3.05, 3.63) is 22.9 Å². The van der Waals surface area contributed by atoms with E-state index < -0.39 is 6.43 Å². The van der Waals surface area contributed by atoms with E-state index in [1.54, 1.807) is 0 Å². The summed E-state index contributed by atoms with van der Waals surface area (Å²) in [5.74, 6) is -0.0288. The third kappa shape index (κ3) is 1.89. The summed E-state index contributed by atoms with van der Waals surface area (Å²) in [7, 11) is 0. The number of rotatable bonds is 3. The fraction of sp³-hybridized carbons (Fsp3) is 0.250. The Kier molecular flexibility index (Phi) is 3.51. The zero-order valence-corrected chi connectivity index (χ0v) is 8.59. The van der Waals surface area contributed by atoms with Gasteiger partial charge in [-0.3, -0.25) is 4.79 Å². The number of carbonyl (C=O) groups is 1. The fourth-order valence-corrected chi connectivity index (χ4v) is 1.69. The molecule has 0 saturated heterocycles. The largest absolute Gasteiger partial charge is 0.383 e. The number of carbonyl (C=O) groups excluding carboxylic acids is 1. The molecule has 0 aromatic carbocycles. The summed E-state index contributed by atoms with van der Waals surface area (Å²) in [4.78, 5) is 14.1. The van der Waals surface area contributed by atoms with Crippen LogP contribution in [0.4, 0.5) is 14.6 Å². The predicted molar refractivity (Wildman–Crippen MR) is 51.6 cm³/mol. The molecule has 0 atom stereocenters. The number of nitrogen functional groups attached to an aromatic ring is 1. The number of pyridine rings is 1. The van der Waals surface area contributed by atoms with Crippen LogP contribution in [-0.2, 0) is 5.33 Å². The highest BCUT2D eigenvalue weighted by Gasteiger charge is 2.17. The molecule has 0 aliphatic heterocycles. The summed E-state index contributed by atoms with van der Waals surface area (Å²) in [5, 5.41) is 0.146. The molecule has 6 heteroatoms. The molecule has 3 nitrogen and oxygen atoms in total. The maximum absolute atomic E-state index is 12.4. The van der Waals surface area contributed by atoms with Crippen molar-refractivity contribution in [1.29, 1.82) is 0 Å². The Hall–Kier alpha value is -1.04. The highest BCUT2D eigenvalue weighted by atomic mass is 79.9. The molecule has 1 aromatic rings. The number of nitrogens with zero attached hydrogens (tertiary/aromatic N) is 1. The van der Waals surface area contributed by atoms with E-state index in [2.05, 4.69) is 20.9 Å². The molecule has 0 aliphatic carbocycles. The van der Waals surface area contributed by atoms with Gasteiger partial charge >= 0.3 is 0 Å². The minimum Gasteiger partial charge on any atom is -0.383 e. The number of alkyl halides is 3. The second kappa shape index (κ2) is 4.45. The van der Waals surface area contributed by atoms with Gasteiger partial charge in [-0.25, -0.2) is 13.8 Å². The smallest absolute Gasteiger partial charge is 0.265 e. The molecule has 14 heavy (non-hydrogen) atoms. The molecular weight excluding hydrogens is 258 g/mol. The average Bonchev–Trinajstić information content (AvgIpc) is 2.16. The quantitative estimate of drug-likeness (QED) is 0.674. The van der Waals surface area contributed by atoms with Crippen molar-refractivity contribution >= 4 is 28.0 Å². The van der Waals surface area contributed by atoms with E-state index in [1.165, 1.54) is 0 Å². The van der Waals surface area contributed by atoms with E-state index in [4.69, 9.17) is 5.73 Å². The van der Waals surface area contributed by atoms with Gasteiger partial charge in [0.25, 0.3) is 6.43 Å². The second-order valence-corrected chi connectivity index (χ2v) is 3.10. The van der Waals surface area contributed by atoms with E-state index in [0.717, 1.165) is 6.20 Å². The first kappa shape index (κ1) is 11.0. The standard InChI is InChI=1S/C8H7BrF2N2O/c9-1-4-5(7(10)11)2-13-8(12)6(4)3-14/h2-3,7H,1H2,(H2,12,13). The fourth-order valence-electron chi connectivity index (χ4n) is 1.07. The van der Waals surface area contributed by atoms with Gasteiger partial charge in [0.1, 0.15) is 5.82 Å². The van der Waals surface area contributed by atoms with Gasteiger partial charge in [0.05, 0.1) is 5.56 Å². The third-order valence-corrected chi connectivity index (χ3v) is 2.34. The average molecular weight is 265 g/mol. The second-order valence-electron chi connectivity index (χ2n) is 2.54. The number of nitrogens with two attached hydrogens (primary N) is 1. The summed E-state index contributed by atoms with van der Waals surface area (Å²) in [6, 6.07) is 0. The lowest BCUT2D eigenvalue weighted by Crippen LogP contribution is -2.05. The Bertz CT molecular complexity index is 357. The van der Waals surface area contributed by atoms with Gasteiger partial charge in [-0.05, 0) is 5.56 Å². The highest BCUT2D eigenvalue weighted by Crippen LogP contribution is 2.27. The zero-order valence-electron chi connectivity index (χ0n) is 7.01. The number of aromatic nitrogens is 1. The SMILES string of the molecule is Nc1ncc(C(F)F)c(CBr)c1C=O. The number of halogens is 3. The van der Waals surface area contributed by atoms with Gasteiger partial charge in [-0.1, -0.05) is 15.9 Å². The summed E-state index contributed by atoms with van der Waals surface area (Å²) >= 11 is 3.03. The molecule has 0 aliphatic rings. The Labute approximate surface area is 87.4 Å². The van der Waals surface area contributed by atoms with Crippen molar-refractivity contribution in [2.45, 2.75) is 11.8 Å². The van der Waals surface area contributed by atoms with Gasteiger partial charge < -0.3 is 5.73 Å². The highest BCUT2D eigenvalue weighted by molar-refractivity contribution is 9.08. The van der Waals surface area contributed by atoms with E-state index >= 15 is 0 Å². The van der Waals surface area contributed by atoms with Gasteiger partial charge in [0.15, 0.2) is 6.29 Å². The van der Waals surface area contributed by atoms with Crippen LogP contribution in [0, 0.1) is 0 Å². The van der Waals surface area contributed by atoms with Crippen LogP contribution in [0.1, 0.15) is 27.9 Å². The lowest BCUT2D eigenvalue weighted by Gasteiger charge is -2.09. The number of aldehydes is 1. The Morgan fingerprint density at radius 2 is 2.29 bits per heavy atom. The topological polar surface area (TPSA) is 56.0 Å². The van der Waals surface area contributed by atoms with Crippen LogP contribution in [0.3, 0.4) is 0 Å². The first-order valence-corrected chi connectivity index (χ1v) is 4.80. The molecule has 1 rings (SSSR count). The van der Waals surface area contributed by atoms with Gasteiger partial charge in [-0.15, -0.1) is 0 Å². The first-order chi connectivity index (χ1) is 6.61. The molecule has 0 spiro atoms. The maximum atomic E-state index is 12.4. The van der Waals surface area contributed by atoms with Crippen molar-refractivity contribution < 1.29 is 13.6 Å². The maximum Gasteiger partial charge on any atom is 0.265 e. The van der Waals surface area contributed by atoms with Crippen molar-refractivity contribution in [2.24, 2.45) is 0 Å². The number of hydrogen-bond donors (Lipinski definition) is 1. The van der Waals surface area contributed by atoms with Crippen molar-refractivity contribution in [2.75, 3.05) is 5.73 Å². The van der Waals surface area contributed by atoms with Crippen LogP contribution < -0.4 is 5.73 Å². The van der Waals surface area contributed by atoms with Crippen LogP contribution in [-0.4, -0.2) is 11.3 Å². The molecule has 0 unspecified atom stereocenters. The van der Waals surface area contributed by atoms with Gasteiger partial charge in [0.2, 0.25) is 0 Å². The summed E-state index contributed by atoms with van der Waals surface area (Å²) < 4.78 is 24.9. The molecule has 2 N–H and O–H groups in total. The van der Waals surface area contributed by atoms with E-state index in [9.17, 15) is 13.6 Å². The normalized spacial score (nSPS) is 10.6. The Morgan fingerprint density at radius 3 is 2.71 bits per heavy atom. The minimum atomic E-state index is -2.66. The first-order valence-electron chi connectivity index (χ1n) is 3.68.